The maximum atomic E-state index is 5.67. The van der Waals surface area contributed by atoms with Crippen molar-refractivity contribution in [1.29, 1.82) is 0 Å². The molecular formula is C9H18ClNO. The van der Waals surface area contributed by atoms with Crippen LogP contribution in [0, 0.1) is 5.92 Å². The van der Waals surface area contributed by atoms with Crippen molar-refractivity contribution in [3.05, 3.63) is 0 Å². The van der Waals surface area contributed by atoms with Gasteiger partial charge in [-0.2, -0.15) is 0 Å². The quantitative estimate of drug-likeness (QED) is 0.498. The van der Waals surface area contributed by atoms with Gasteiger partial charge in [-0.25, -0.2) is 0 Å². The van der Waals surface area contributed by atoms with E-state index in [1.54, 1.807) is 0 Å². The standard InChI is InChI=1S/C9H18ClNO/c1-11(8-10)5-2-9-3-6-12-7-4-9/h9H,2-8H2,1H3. The Morgan fingerprint density at radius 1 is 1.42 bits per heavy atom. The van der Waals surface area contributed by atoms with Crippen LogP contribution in [-0.4, -0.2) is 37.7 Å². The molecule has 0 bridgehead atoms. The van der Waals surface area contributed by atoms with Crippen LogP contribution in [0.25, 0.3) is 0 Å². The summed E-state index contributed by atoms with van der Waals surface area (Å²) in [6, 6.07) is 0.642. The predicted molar refractivity (Wildman–Crippen MR) is 51.5 cm³/mol. The van der Waals surface area contributed by atoms with E-state index in [-0.39, 0.29) is 0 Å². The second-order valence-electron chi connectivity index (χ2n) is 3.54. The van der Waals surface area contributed by atoms with E-state index in [2.05, 4.69) is 11.9 Å². The van der Waals surface area contributed by atoms with Crippen molar-refractivity contribution < 1.29 is 4.74 Å². The van der Waals surface area contributed by atoms with Gasteiger partial charge in [0.05, 0.1) is 6.00 Å². The smallest absolute Gasteiger partial charge is 0.0735 e. The van der Waals surface area contributed by atoms with Gasteiger partial charge in [-0.05, 0) is 38.8 Å². The molecule has 1 aliphatic rings. The Morgan fingerprint density at radius 2 is 2.08 bits per heavy atom. The van der Waals surface area contributed by atoms with Crippen LogP contribution in [0.5, 0.6) is 0 Å². The normalized spacial score (nSPS) is 20.2. The van der Waals surface area contributed by atoms with Crippen LogP contribution in [0.15, 0.2) is 0 Å². The molecule has 72 valence electrons. The summed E-state index contributed by atoms with van der Waals surface area (Å²) in [6.07, 6.45) is 3.73. The Balaban J connectivity index is 2.05. The lowest BCUT2D eigenvalue weighted by Crippen LogP contribution is -2.23. The van der Waals surface area contributed by atoms with Crippen molar-refractivity contribution in [2.75, 3.05) is 32.8 Å². The molecule has 0 unspecified atom stereocenters. The highest BCUT2D eigenvalue weighted by atomic mass is 35.5. The monoisotopic (exact) mass is 191 g/mol. The second kappa shape index (κ2) is 5.79. The van der Waals surface area contributed by atoms with Crippen molar-refractivity contribution in [2.24, 2.45) is 5.92 Å². The van der Waals surface area contributed by atoms with Crippen LogP contribution in [0.4, 0.5) is 0 Å². The van der Waals surface area contributed by atoms with E-state index >= 15 is 0 Å². The zero-order chi connectivity index (χ0) is 8.81. The fraction of sp³-hybridized carbons (Fsp3) is 1.00. The molecule has 12 heavy (non-hydrogen) atoms. The van der Waals surface area contributed by atoms with Gasteiger partial charge in [-0.1, -0.05) is 0 Å². The van der Waals surface area contributed by atoms with E-state index in [1.165, 1.54) is 19.3 Å². The summed E-state index contributed by atoms with van der Waals surface area (Å²) < 4.78 is 5.29. The molecule has 0 aromatic heterocycles. The van der Waals surface area contributed by atoms with Gasteiger partial charge >= 0.3 is 0 Å². The van der Waals surface area contributed by atoms with Crippen LogP contribution >= 0.6 is 11.6 Å². The molecule has 1 aliphatic heterocycles. The summed E-state index contributed by atoms with van der Waals surface area (Å²) >= 11 is 5.67. The first-order valence-electron chi connectivity index (χ1n) is 4.65. The Kier molecular flexibility index (Phi) is 4.96. The fourth-order valence-electron chi connectivity index (χ4n) is 1.50. The highest BCUT2D eigenvalue weighted by Crippen LogP contribution is 2.18. The number of hydrogen-bond acceptors (Lipinski definition) is 2. The first-order valence-corrected chi connectivity index (χ1v) is 5.18. The van der Waals surface area contributed by atoms with Crippen molar-refractivity contribution in [3.63, 3.8) is 0 Å². The molecule has 0 spiro atoms. The minimum atomic E-state index is 0.642. The number of ether oxygens (including phenoxy) is 1. The predicted octanol–water partition coefficient (Wildman–Crippen LogP) is 1.93. The molecule has 0 amide bonds. The Morgan fingerprint density at radius 3 is 2.67 bits per heavy atom. The van der Waals surface area contributed by atoms with Gasteiger partial charge < -0.3 is 4.74 Å². The summed E-state index contributed by atoms with van der Waals surface area (Å²) in [4.78, 5) is 2.15. The van der Waals surface area contributed by atoms with Crippen molar-refractivity contribution in [3.8, 4) is 0 Å². The fourth-order valence-corrected chi connectivity index (χ4v) is 1.62. The molecule has 0 aromatic carbocycles. The van der Waals surface area contributed by atoms with E-state index < -0.39 is 0 Å². The molecule has 0 atom stereocenters. The average molecular weight is 192 g/mol. The first kappa shape index (κ1) is 10.3. The molecule has 1 saturated heterocycles. The molecule has 0 N–H and O–H groups in total. The number of nitrogens with zero attached hydrogens (tertiary/aromatic N) is 1. The molecule has 0 saturated carbocycles. The van der Waals surface area contributed by atoms with Crippen LogP contribution < -0.4 is 0 Å². The van der Waals surface area contributed by atoms with E-state index in [0.29, 0.717) is 6.00 Å². The van der Waals surface area contributed by atoms with Gasteiger partial charge in [0, 0.05) is 13.2 Å². The zero-order valence-electron chi connectivity index (χ0n) is 7.76. The highest BCUT2D eigenvalue weighted by Gasteiger charge is 2.13. The maximum absolute atomic E-state index is 5.67. The van der Waals surface area contributed by atoms with Crippen LogP contribution in [0.3, 0.4) is 0 Å². The minimum absolute atomic E-state index is 0.642. The lowest BCUT2D eigenvalue weighted by molar-refractivity contribution is 0.0615. The van der Waals surface area contributed by atoms with Gasteiger partial charge in [-0.15, -0.1) is 11.6 Å². The third-order valence-corrected chi connectivity index (χ3v) is 2.87. The van der Waals surface area contributed by atoms with Crippen LogP contribution in [-0.2, 0) is 4.74 Å². The highest BCUT2D eigenvalue weighted by molar-refractivity contribution is 6.17. The van der Waals surface area contributed by atoms with Gasteiger partial charge in [0.2, 0.25) is 0 Å². The third kappa shape index (κ3) is 3.74. The number of alkyl halides is 1. The lowest BCUT2D eigenvalue weighted by atomic mass is 9.96. The minimum Gasteiger partial charge on any atom is -0.381 e. The van der Waals surface area contributed by atoms with Crippen molar-refractivity contribution >= 4 is 11.6 Å². The molecular weight excluding hydrogens is 174 g/mol. The van der Waals surface area contributed by atoms with E-state index in [9.17, 15) is 0 Å². The third-order valence-electron chi connectivity index (χ3n) is 2.46. The van der Waals surface area contributed by atoms with E-state index in [1.807, 2.05) is 0 Å². The molecule has 0 radical (unpaired) electrons. The Bertz CT molecular complexity index is 115. The van der Waals surface area contributed by atoms with Crippen LogP contribution in [0.1, 0.15) is 19.3 Å². The summed E-state index contributed by atoms with van der Waals surface area (Å²) in [5.41, 5.74) is 0. The van der Waals surface area contributed by atoms with Gasteiger partial charge in [0.1, 0.15) is 0 Å². The molecule has 1 fully saturated rings. The number of halogens is 1. The molecule has 0 aliphatic carbocycles. The summed E-state index contributed by atoms with van der Waals surface area (Å²) in [7, 11) is 2.06. The zero-order valence-corrected chi connectivity index (χ0v) is 8.52. The first-order chi connectivity index (χ1) is 5.83. The van der Waals surface area contributed by atoms with Gasteiger partial charge in [0.15, 0.2) is 0 Å². The van der Waals surface area contributed by atoms with Crippen LogP contribution in [0.2, 0.25) is 0 Å². The molecule has 0 aromatic rings. The van der Waals surface area contributed by atoms with Crippen molar-refractivity contribution in [1.82, 2.24) is 4.90 Å². The average Bonchev–Trinajstić information content (AvgIpc) is 2.16. The largest absolute Gasteiger partial charge is 0.381 e. The molecule has 2 nitrogen and oxygen atoms in total. The van der Waals surface area contributed by atoms with Gasteiger partial charge in [0.25, 0.3) is 0 Å². The topological polar surface area (TPSA) is 12.5 Å². The van der Waals surface area contributed by atoms with Crippen molar-refractivity contribution in [2.45, 2.75) is 19.3 Å². The molecule has 3 heteroatoms. The molecule has 1 heterocycles. The van der Waals surface area contributed by atoms with E-state index in [0.717, 1.165) is 25.7 Å². The second-order valence-corrected chi connectivity index (χ2v) is 3.78. The van der Waals surface area contributed by atoms with Gasteiger partial charge in [-0.3, -0.25) is 4.90 Å². The SMILES string of the molecule is CN(CCl)CCC1CCOCC1. The number of rotatable bonds is 4. The number of hydrogen-bond donors (Lipinski definition) is 0. The Hall–Kier alpha value is 0.210. The Labute approximate surface area is 79.8 Å². The summed E-state index contributed by atoms with van der Waals surface area (Å²) in [5, 5.41) is 0. The summed E-state index contributed by atoms with van der Waals surface area (Å²) in [5.74, 6) is 0.865. The summed E-state index contributed by atoms with van der Waals surface area (Å²) in [6.45, 7) is 3.03. The lowest BCUT2D eigenvalue weighted by Gasteiger charge is -2.23. The maximum Gasteiger partial charge on any atom is 0.0735 e. The van der Waals surface area contributed by atoms with E-state index in [4.69, 9.17) is 16.3 Å². The molecule has 1 rings (SSSR count).